The summed E-state index contributed by atoms with van der Waals surface area (Å²) in [4.78, 5) is 2.83. The first kappa shape index (κ1) is 11.7. The SMILES string of the molecule is Fc1cc2cc[nH]c2c(F)c1CC1CCCCN1. The van der Waals surface area contributed by atoms with E-state index in [0.29, 0.717) is 17.3 Å². The Morgan fingerprint density at radius 3 is 2.94 bits per heavy atom. The molecule has 0 bridgehead atoms. The fraction of sp³-hybridized carbons (Fsp3) is 0.429. The molecule has 2 aromatic rings. The van der Waals surface area contributed by atoms with Gasteiger partial charge in [-0.1, -0.05) is 6.42 Å². The number of halogens is 2. The quantitative estimate of drug-likeness (QED) is 0.842. The highest BCUT2D eigenvalue weighted by atomic mass is 19.1. The molecule has 1 saturated heterocycles. The minimum Gasteiger partial charge on any atom is -0.359 e. The summed E-state index contributed by atoms with van der Waals surface area (Å²) in [7, 11) is 0. The minimum absolute atomic E-state index is 0.190. The second-order valence-electron chi connectivity index (χ2n) is 4.94. The first-order valence-corrected chi connectivity index (χ1v) is 6.43. The highest BCUT2D eigenvalue weighted by Gasteiger charge is 2.20. The van der Waals surface area contributed by atoms with Crippen LogP contribution < -0.4 is 5.32 Å². The molecule has 18 heavy (non-hydrogen) atoms. The smallest absolute Gasteiger partial charge is 0.153 e. The van der Waals surface area contributed by atoms with E-state index in [-0.39, 0.29) is 11.6 Å². The number of hydrogen-bond acceptors (Lipinski definition) is 1. The van der Waals surface area contributed by atoms with Gasteiger partial charge in [0.15, 0.2) is 5.82 Å². The van der Waals surface area contributed by atoms with Gasteiger partial charge >= 0.3 is 0 Å². The van der Waals surface area contributed by atoms with E-state index in [9.17, 15) is 8.78 Å². The van der Waals surface area contributed by atoms with Crippen molar-refractivity contribution in [2.75, 3.05) is 6.54 Å². The van der Waals surface area contributed by atoms with E-state index in [1.54, 1.807) is 12.3 Å². The molecule has 96 valence electrons. The molecule has 1 atom stereocenters. The Bertz CT molecular complexity index is 556. The van der Waals surface area contributed by atoms with Crippen molar-refractivity contribution < 1.29 is 8.78 Å². The molecule has 1 aliphatic heterocycles. The maximum absolute atomic E-state index is 14.2. The zero-order valence-corrected chi connectivity index (χ0v) is 10.1. The Hall–Kier alpha value is -1.42. The Labute approximate surface area is 104 Å². The highest BCUT2D eigenvalue weighted by molar-refractivity contribution is 5.80. The maximum Gasteiger partial charge on any atom is 0.153 e. The largest absolute Gasteiger partial charge is 0.359 e. The molecular formula is C14H16F2N2. The number of rotatable bonds is 2. The molecule has 2 nitrogen and oxygen atoms in total. The van der Waals surface area contributed by atoms with Crippen LogP contribution in [-0.4, -0.2) is 17.6 Å². The summed E-state index contributed by atoms with van der Waals surface area (Å²) in [6.45, 7) is 0.943. The number of H-pyrrole nitrogens is 1. The van der Waals surface area contributed by atoms with Crippen LogP contribution in [0.25, 0.3) is 10.9 Å². The van der Waals surface area contributed by atoms with Crippen molar-refractivity contribution in [3.05, 3.63) is 35.5 Å². The van der Waals surface area contributed by atoms with Crippen LogP contribution in [0.5, 0.6) is 0 Å². The molecule has 1 aromatic carbocycles. The van der Waals surface area contributed by atoms with Crippen LogP contribution in [0.15, 0.2) is 18.3 Å². The topological polar surface area (TPSA) is 27.8 Å². The molecule has 0 amide bonds. The average Bonchev–Trinajstić information content (AvgIpc) is 2.84. The summed E-state index contributed by atoms with van der Waals surface area (Å²) in [5, 5.41) is 3.91. The normalized spacial score (nSPS) is 20.4. The summed E-state index contributed by atoms with van der Waals surface area (Å²) < 4.78 is 28.2. The number of benzene rings is 1. The third-order valence-electron chi connectivity index (χ3n) is 3.70. The monoisotopic (exact) mass is 250 g/mol. The average molecular weight is 250 g/mol. The van der Waals surface area contributed by atoms with Gasteiger partial charge in [0.2, 0.25) is 0 Å². The minimum atomic E-state index is -0.442. The molecule has 1 unspecified atom stereocenters. The second-order valence-corrected chi connectivity index (χ2v) is 4.94. The van der Waals surface area contributed by atoms with E-state index in [0.717, 1.165) is 25.8 Å². The summed E-state index contributed by atoms with van der Waals surface area (Å²) in [6, 6.07) is 3.28. The van der Waals surface area contributed by atoms with Gasteiger partial charge < -0.3 is 10.3 Å². The number of aromatic amines is 1. The lowest BCUT2D eigenvalue weighted by Crippen LogP contribution is -2.36. The van der Waals surface area contributed by atoms with E-state index in [4.69, 9.17) is 0 Å². The molecule has 1 fully saturated rings. The van der Waals surface area contributed by atoms with Crippen LogP contribution >= 0.6 is 0 Å². The van der Waals surface area contributed by atoms with Crippen LogP contribution in [-0.2, 0) is 6.42 Å². The van der Waals surface area contributed by atoms with Gasteiger partial charge in [-0.05, 0) is 37.9 Å². The standard InChI is InChI=1S/C14H16F2N2/c15-12-7-9-4-6-18-14(9)13(16)11(12)8-10-3-1-2-5-17-10/h4,6-7,10,17-18H,1-3,5,8H2. The Balaban J connectivity index is 1.94. The number of nitrogens with one attached hydrogen (secondary N) is 2. The molecule has 0 spiro atoms. The molecule has 2 N–H and O–H groups in total. The van der Waals surface area contributed by atoms with Gasteiger partial charge in [0, 0.05) is 23.2 Å². The fourth-order valence-corrected chi connectivity index (χ4v) is 2.70. The van der Waals surface area contributed by atoms with Gasteiger partial charge in [-0.15, -0.1) is 0 Å². The van der Waals surface area contributed by atoms with E-state index < -0.39 is 11.6 Å². The Morgan fingerprint density at radius 1 is 1.28 bits per heavy atom. The van der Waals surface area contributed by atoms with Gasteiger partial charge in [0.1, 0.15) is 5.82 Å². The van der Waals surface area contributed by atoms with Crippen molar-refractivity contribution in [2.24, 2.45) is 0 Å². The summed E-state index contributed by atoms with van der Waals surface area (Å²) in [6.07, 6.45) is 5.33. The second kappa shape index (κ2) is 4.69. The summed E-state index contributed by atoms with van der Waals surface area (Å²) in [5.74, 6) is -0.880. The molecular weight excluding hydrogens is 234 g/mol. The van der Waals surface area contributed by atoms with Gasteiger partial charge in [0.25, 0.3) is 0 Å². The van der Waals surface area contributed by atoms with Crippen LogP contribution in [0, 0.1) is 11.6 Å². The lowest BCUT2D eigenvalue weighted by atomic mass is 9.96. The molecule has 3 rings (SSSR count). The lowest BCUT2D eigenvalue weighted by Gasteiger charge is -2.23. The maximum atomic E-state index is 14.2. The van der Waals surface area contributed by atoms with Crippen LogP contribution in [0.1, 0.15) is 24.8 Å². The first-order valence-electron chi connectivity index (χ1n) is 6.43. The number of fused-ring (bicyclic) bond motifs is 1. The lowest BCUT2D eigenvalue weighted by molar-refractivity contribution is 0.390. The number of piperidine rings is 1. The van der Waals surface area contributed by atoms with E-state index in [1.165, 1.54) is 6.07 Å². The van der Waals surface area contributed by atoms with Crippen LogP contribution in [0.2, 0.25) is 0 Å². The van der Waals surface area contributed by atoms with E-state index in [1.807, 2.05) is 0 Å². The van der Waals surface area contributed by atoms with Gasteiger partial charge in [-0.25, -0.2) is 8.78 Å². The Morgan fingerprint density at radius 2 is 2.17 bits per heavy atom. The molecule has 0 saturated carbocycles. The van der Waals surface area contributed by atoms with Gasteiger partial charge in [-0.3, -0.25) is 0 Å². The van der Waals surface area contributed by atoms with Crippen molar-refractivity contribution in [2.45, 2.75) is 31.7 Å². The van der Waals surface area contributed by atoms with Gasteiger partial charge in [-0.2, -0.15) is 0 Å². The van der Waals surface area contributed by atoms with E-state index in [2.05, 4.69) is 10.3 Å². The third-order valence-corrected chi connectivity index (χ3v) is 3.70. The number of aromatic nitrogens is 1. The summed E-state index contributed by atoms with van der Waals surface area (Å²) in [5.41, 5.74) is 0.603. The predicted molar refractivity (Wildman–Crippen MR) is 67.6 cm³/mol. The van der Waals surface area contributed by atoms with Crippen LogP contribution in [0.4, 0.5) is 8.78 Å². The van der Waals surface area contributed by atoms with Crippen molar-refractivity contribution in [1.82, 2.24) is 10.3 Å². The van der Waals surface area contributed by atoms with Crippen molar-refractivity contribution >= 4 is 10.9 Å². The van der Waals surface area contributed by atoms with Gasteiger partial charge in [0.05, 0.1) is 5.52 Å². The van der Waals surface area contributed by atoms with E-state index >= 15 is 0 Å². The zero-order chi connectivity index (χ0) is 12.5. The Kier molecular flexibility index (Phi) is 3.04. The number of hydrogen-bond donors (Lipinski definition) is 2. The molecule has 2 heterocycles. The first-order chi connectivity index (χ1) is 8.75. The molecule has 0 radical (unpaired) electrons. The fourth-order valence-electron chi connectivity index (χ4n) is 2.70. The highest BCUT2D eigenvalue weighted by Crippen LogP contribution is 2.25. The predicted octanol–water partition coefficient (Wildman–Crippen LogP) is 3.13. The zero-order valence-electron chi connectivity index (χ0n) is 10.1. The summed E-state index contributed by atoms with van der Waals surface area (Å²) >= 11 is 0. The van der Waals surface area contributed by atoms with Crippen molar-refractivity contribution in [3.8, 4) is 0 Å². The molecule has 1 aliphatic rings. The van der Waals surface area contributed by atoms with Crippen LogP contribution in [0.3, 0.4) is 0 Å². The van der Waals surface area contributed by atoms with Crippen molar-refractivity contribution in [1.29, 1.82) is 0 Å². The molecule has 4 heteroatoms. The molecule has 1 aromatic heterocycles. The third kappa shape index (κ3) is 2.01. The molecule has 0 aliphatic carbocycles. The van der Waals surface area contributed by atoms with Crippen molar-refractivity contribution in [3.63, 3.8) is 0 Å².